The summed E-state index contributed by atoms with van der Waals surface area (Å²) in [6.07, 6.45) is -0.334. The predicted molar refractivity (Wildman–Crippen MR) is 57.9 cm³/mol. The number of carboxylic acids is 1. The summed E-state index contributed by atoms with van der Waals surface area (Å²) in [6, 6.07) is 0. The number of nitrogens with two attached hydrogens (primary N) is 1. The zero-order valence-corrected chi connectivity index (χ0v) is 10.2. The fourth-order valence-electron chi connectivity index (χ4n) is 0.753. The van der Waals surface area contributed by atoms with Gasteiger partial charge in [0.05, 0.1) is 6.42 Å². The van der Waals surface area contributed by atoms with Gasteiger partial charge in [-0.25, -0.2) is 0 Å². The van der Waals surface area contributed by atoms with Crippen LogP contribution in [0, 0.1) is 0 Å². The number of rotatable bonds is 3. The number of hydrogen-bond donors (Lipinski definition) is 2. The van der Waals surface area contributed by atoms with Crippen molar-refractivity contribution in [3.8, 4) is 0 Å². The molecule has 0 aromatic rings. The van der Waals surface area contributed by atoms with Crippen LogP contribution in [0.2, 0.25) is 0 Å². The number of carbonyl (C=O) groups excluding carboxylic acids is 1. The predicted octanol–water partition coefficient (Wildman–Crippen LogP) is 0.942. The van der Waals surface area contributed by atoms with Crippen LogP contribution >= 0.6 is 12.4 Å². The minimum Gasteiger partial charge on any atom is -0.480 e. The summed E-state index contributed by atoms with van der Waals surface area (Å²) in [5.41, 5.74) is 3.19. The highest BCUT2D eigenvalue weighted by molar-refractivity contribution is 5.85. The fourth-order valence-corrected chi connectivity index (χ4v) is 0.753. The smallest absolute Gasteiger partial charge is 0.323 e. The lowest BCUT2D eigenvalue weighted by Crippen LogP contribution is -2.47. The molecule has 0 aliphatic rings. The van der Waals surface area contributed by atoms with Gasteiger partial charge in [-0.05, 0) is 27.7 Å². The zero-order chi connectivity index (χ0) is 11.6. The largest absolute Gasteiger partial charge is 0.480 e. The summed E-state index contributed by atoms with van der Waals surface area (Å²) >= 11 is 0. The van der Waals surface area contributed by atoms with Crippen LogP contribution in [0.3, 0.4) is 0 Å². The maximum atomic E-state index is 11.2. The van der Waals surface area contributed by atoms with Crippen molar-refractivity contribution in [2.75, 3.05) is 0 Å². The molecule has 0 aromatic heterocycles. The van der Waals surface area contributed by atoms with E-state index in [0.29, 0.717) is 0 Å². The third-order valence-electron chi connectivity index (χ3n) is 1.42. The van der Waals surface area contributed by atoms with Crippen LogP contribution in [-0.2, 0) is 14.3 Å². The van der Waals surface area contributed by atoms with E-state index in [4.69, 9.17) is 15.6 Å². The molecular formula is C9H18ClNO4. The lowest BCUT2D eigenvalue weighted by Gasteiger charge is -2.23. The zero-order valence-electron chi connectivity index (χ0n) is 9.36. The average Bonchev–Trinajstić information content (AvgIpc) is 1.79. The van der Waals surface area contributed by atoms with Crippen molar-refractivity contribution >= 4 is 24.3 Å². The molecule has 0 aromatic carbocycles. The standard InChI is InChI=1S/C9H17NO4.ClH/c1-8(2,3)14-6(11)5-9(4,10)7(12)13;/h5,10H2,1-4H3,(H,12,13);1H. The number of aliphatic carboxylic acids is 1. The summed E-state index contributed by atoms with van der Waals surface area (Å²) in [6.45, 7) is 6.40. The van der Waals surface area contributed by atoms with Crippen LogP contribution < -0.4 is 5.73 Å². The van der Waals surface area contributed by atoms with Gasteiger partial charge in [0.25, 0.3) is 0 Å². The van der Waals surface area contributed by atoms with Gasteiger partial charge in [0.15, 0.2) is 0 Å². The van der Waals surface area contributed by atoms with Gasteiger partial charge in [-0.2, -0.15) is 0 Å². The Morgan fingerprint density at radius 2 is 1.67 bits per heavy atom. The Hall–Kier alpha value is -0.810. The summed E-state index contributed by atoms with van der Waals surface area (Å²) in [5.74, 6) is -1.83. The molecular weight excluding hydrogens is 222 g/mol. The van der Waals surface area contributed by atoms with Gasteiger partial charge in [-0.15, -0.1) is 12.4 Å². The molecule has 90 valence electrons. The number of esters is 1. The molecule has 0 saturated carbocycles. The van der Waals surface area contributed by atoms with Crippen molar-refractivity contribution in [1.82, 2.24) is 0 Å². The Labute approximate surface area is 95.4 Å². The summed E-state index contributed by atoms with van der Waals surface area (Å²) < 4.78 is 4.94. The van der Waals surface area contributed by atoms with Crippen molar-refractivity contribution < 1.29 is 19.4 Å². The third kappa shape index (κ3) is 7.16. The molecule has 5 nitrogen and oxygen atoms in total. The van der Waals surface area contributed by atoms with Crippen molar-refractivity contribution in [3.05, 3.63) is 0 Å². The molecule has 3 N–H and O–H groups in total. The van der Waals surface area contributed by atoms with Gasteiger partial charge in [-0.3, -0.25) is 9.59 Å². The van der Waals surface area contributed by atoms with Gasteiger partial charge in [0.2, 0.25) is 0 Å². The summed E-state index contributed by atoms with van der Waals surface area (Å²) in [7, 11) is 0. The van der Waals surface area contributed by atoms with E-state index in [0.717, 1.165) is 0 Å². The van der Waals surface area contributed by atoms with Gasteiger partial charge in [-0.1, -0.05) is 0 Å². The Kier molecular flexibility index (Phi) is 5.89. The quantitative estimate of drug-likeness (QED) is 0.716. The van der Waals surface area contributed by atoms with E-state index in [1.54, 1.807) is 20.8 Å². The van der Waals surface area contributed by atoms with E-state index >= 15 is 0 Å². The van der Waals surface area contributed by atoms with Crippen molar-refractivity contribution in [2.45, 2.75) is 45.3 Å². The topological polar surface area (TPSA) is 89.6 Å². The van der Waals surface area contributed by atoms with Gasteiger partial charge in [0.1, 0.15) is 11.1 Å². The van der Waals surface area contributed by atoms with Crippen LogP contribution in [-0.4, -0.2) is 28.2 Å². The van der Waals surface area contributed by atoms with Crippen molar-refractivity contribution in [3.63, 3.8) is 0 Å². The SMILES string of the molecule is CC(C)(C)OC(=O)CC(C)(N)C(=O)O.Cl. The molecule has 0 aliphatic heterocycles. The maximum absolute atomic E-state index is 11.2. The lowest BCUT2D eigenvalue weighted by atomic mass is 10.00. The number of hydrogen-bond acceptors (Lipinski definition) is 4. The van der Waals surface area contributed by atoms with E-state index in [-0.39, 0.29) is 18.8 Å². The fraction of sp³-hybridized carbons (Fsp3) is 0.778. The molecule has 0 amide bonds. The first-order valence-corrected chi connectivity index (χ1v) is 4.29. The first kappa shape index (κ1) is 16.6. The van der Waals surface area contributed by atoms with E-state index in [2.05, 4.69) is 0 Å². The highest BCUT2D eigenvalue weighted by Gasteiger charge is 2.33. The molecule has 0 spiro atoms. The summed E-state index contributed by atoms with van der Waals surface area (Å²) in [4.78, 5) is 21.8. The number of ether oxygens (including phenoxy) is 1. The Morgan fingerprint density at radius 1 is 1.27 bits per heavy atom. The average molecular weight is 240 g/mol. The van der Waals surface area contributed by atoms with Crippen LogP contribution in [0.4, 0.5) is 0 Å². The second-order valence-electron chi connectivity index (χ2n) is 4.49. The molecule has 0 fully saturated rings. The van der Waals surface area contributed by atoms with E-state index < -0.39 is 23.1 Å². The van der Waals surface area contributed by atoms with Gasteiger partial charge >= 0.3 is 11.9 Å². The van der Waals surface area contributed by atoms with Crippen LogP contribution in [0.25, 0.3) is 0 Å². The minimum atomic E-state index is -1.57. The molecule has 15 heavy (non-hydrogen) atoms. The maximum Gasteiger partial charge on any atom is 0.323 e. The molecule has 0 aliphatic carbocycles. The second-order valence-corrected chi connectivity index (χ2v) is 4.49. The van der Waals surface area contributed by atoms with Crippen molar-refractivity contribution in [1.29, 1.82) is 0 Å². The van der Waals surface area contributed by atoms with E-state index in [1.807, 2.05) is 0 Å². The Morgan fingerprint density at radius 3 is 1.93 bits per heavy atom. The van der Waals surface area contributed by atoms with E-state index in [9.17, 15) is 9.59 Å². The molecule has 0 rings (SSSR count). The Balaban J connectivity index is 0. The first-order chi connectivity index (χ1) is 6.04. The lowest BCUT2D eigenvalue weighted by molar-refractivity contribution is -0.160. The normalized spacial score (nSPS) is 14.7. The molecule has 0 heterocycles. The summed E-state index contributed by atoms with van der Waals surface area (Å²) in [5, 5.41) is 8.66. The van der Waals surface area contributed by atoms with E-state index in [1.165, 1.54) is 6.92 Å². The molecule has 0 radical (unpaired) electrons. The third-order valence-corrected chi connectivity index (χ3v) is 1.42. The molecule has 1 unspecified atom stereocenters. The number of carbonyl (C=O) groups is 2. The highest BCUT2D eigenvalue weighted by Crippen LogP contribution is 2.13. The van der Waals surface area contributed by atoms with Crippen LogP contribution in [0.15, 0.2) is 0 Å². The number of carboxylic acid groups (broad SMARTS) is 1. The monoisotopic (exact) mass is 239 g/mol. The van der Waals surface area contributed by atoms with Gasteiger partial charge in [0, 0.05) is 0 Å². The second kappa shape index (κ2) is 5.32. The van der Waals surface area contributed by atoms with Crippen LogP contribution in [0.1, 0.15) is 34.1 Å². The molecule has 6 heteroatoms. The molecule has 0 bridgehead atoms. The number of halogens is 1. The minimum absolute atomic E-state index is 0. The Bertz CT molecular complexity index is 245. The molecule has 0 saturated heterocycles. The highest BCUT2D eigenvalue weighted by atomic mass is 35.5. The first-order valence-electron chi connectivity index (χ1n) is 4.29. The van der Waals surface area contributed by atoms with Gasteiger partial charge < -0.3 is 15.6 Å². The van der Waals surface area contributed by atoms with Crippen LogP contribution in [0.5, 0.6) is 0 Å². The van der Waals surface area contributed by atoms with Crippen molar-refractivity contribution in [2.24, 2.45) is 5.73 Å². The molecule has 1 atom stereocenters.